The van der Waals surface area contributed by atoms with Gasteiger partial charge in [0, 0.05) is 28.9 Å². The highest BCUT2D eigenvalue weighted by Gasteiger charge is 2.10. The Morgan fingerprint density at radius 2 is 2.31 bits per heavy atom. The highest BCUT2D eigenvalue weighted by atomic mass is 79.9. The number of pyridine rings is 1. The summed E-state index contributed by atoms with van der Waals surface area (Å²) < 4.78 is 12.1. The van der Waals surface area contributed by atoms with Crippen LogP contribution in [0.2, 0.25) is 0 Å². The molecular formula is C10H16BrN3OS. The van der Waals surface area contributed by atoms with E-state index in [9.17, 15) is 4.21 Å². The molecule has 16 heavy (non-hydrogen) atoms. The van der Waals surface area contributed by atoms with Gasteiger partial charge in [0.2, 0.25) is 0 Å². The van der Waals surface area contributed by atoms with Crippen LogP contribution in [-0.4, -0.2) is 27.2 Å². The van der Waals surface area contributed by atoms with Crippen molar-refractivity contribution in [3.05, 3.63) is 16.2 Å². The molecule has 1 heterocycles. The van der Waals surface area contributed by atoms with Crippen LogP contribution >= 0.6 is 15.9 Å². The van der Waals surface area contributed by atoms with Gasteiger partial charge < -0.3 is 11.1 Å². The van der Waals surface area contributed by atoms with E-state index in [2.05, 4.69) is 26.2 Å². The molecule has 0 fully saturated rings. The second kappa shape index (κ2) is 5.63. The lowest BCUT2D eigenvalue weighted by atomic mass is 10.2. The molecular weight excluding hydrogens is 290 g/mol. The summed E-state index contributed by atoms with van der Waals surface area (Å²) in [5.41, 5.74) is 7.34. The van der Waals surface area contributed by atoms with Crippen molar-refractivity contribution in [1.82, 2.24) is 4.98 Å². The van der Waals surface area contributed by atoms with Crippen molar-refractivity contribution in [3.63, 3.8) is 0 Å². The number of nitrogens with zero attached hydrogens (tertiary/aromatic N) is 1. The smallest absolute Gasteiger partial charge is 0.140 e. The molecule has 0 saturated heterocycles. The summed E-state index contributed by atoms with van der Waals surface area (Å²) in [5.74, 6) is 0.740. The standard InChI is InChI=1S/C10H16BrN3OS/c1-6(16(3)15)4-13-10-9(11)7(2)8(12)5-14-10/h5-6H,4,12H2,1-3H3,(H,13,14). The molecule has 0 amide bonds. The minimum absolute atomic E-state index is 0.0894. The molecule has 3 N–H and O–H groups in total. The third-order valence-corrected chi connectivity index (χ3v) is 4.70. The summed E-state index contributed by atoms with van der Waals surface area (Å²) in [6, 6.07) is 0. The minimum atomic E-state index is -0.831. The number of aromatic nitrogens is 1. The zero-order valence-electron chi connectivity index (χ0n) is 9.58. The first-order valence-corrected chi connectivity index (χ1v) is 7.31. The Bertz CT molecular complexity index is 411. The molecule has 1 aromatic heterocycles. The summed E-state index contributed by atoms with van der Waals surface area (Å²) in [7, 11) is -0.831. The van der Waals surface area contributed by atoms with Crippen LogP contribution in [-0.2, 0) is 10.8 Å². The monoisotopic (exact) mass is 305 g/mol. The summed E-state index contributed by atoms with van der Waals surface area (Å²) in [6.45, 7) is 4.48. The Morgan fingerprint density at radius 1 is 1.69 bits per heavy atom. The van der Waals surface area contributed by atoms with E-state index in [0.29, 0.717) is 12.2 Å². The van der Waals surface area contributed by atoms with E-state index in [1.807, 2.05) is 13.8 Å². The molecule has 6 heteroatoms. The van der Waals surface area contributed by atoms with Crippen molar-refractivity contribution in [1.29, 1.82) is 0 Å². The molecule has 1 rings (SSSR count). The van der Waals surface area contributed by atoms with E-state index in [4.69, 9.17) is 5.73 Å². The van der Waals surface area contributed by atoms with Gasteiger partial charge in [-0.05, 0) is 35.3 Å². The van der Waals surface area contributed by atoms with Crippen molar-refractivity contribution in [3.8, 4) is 0 Å². The first-order valence-electron chi connectivity index (χ1n) is 4.90. The normalized spacial score (nSPS) is 14.5. The van der Waals surface area contributed by atoms with E-state index in [1.54, 1.807) is 12.5 Å². The van der Waals surface area contributed by atoms with Crippen LogP contribution in [0.5, 0.6) is 0 Å². The van der Waals surface area contributed by atoms with E-state index in [-0.39, 0.29) is 5.25 Å². The molecule has 1 aromatic rings. The van der Waals surface area contributed by atoms with Crippen molar-refractivity contribution in [2.75, 3.05) is 23.9 Å². The van der Waals surface area contributed by atoms with Gasteiger partial charge in [-0.25, -0.2) is 4.98 Å². The van der Waals surface area contributed by atoms with E-state index in [1.165, 1.54) is 0 Å². The number of rotatable bonds is 4. The zero-order valence-corrected chi connectivity index (χ0v) is 12.0. The van der Waals surface area contributed by atoms with Crippen LogP contribution in [0.25, 0.3) is 0 Å². The predicted molar refractivity (Wildman–Crippen MR) is 73.1 cm³/mol. The quantitative estimate of drug-likeness (QED) is 0.892. The average molecular weight is 306 g/mol. The molecule has 90 valence electrons. The fourth-order valence-corrected chi connectivity index (χ4v) is 1.86. The van der Waals surface area contributed by atoms with Crippen LogP contribution in [0.15, 0.2) is 10.7 Å². The maximum Gasteiger partial charge on any atom is 0.140 e. The summed E-state index contributed by atoms with van der Waals surface area (Å²) in [5, 5.41) is 3.24. The third kappa shape index (κ3) is 3.18. The molecule has 0 spiro atoms. The Balaban J connectivity index is 2.75. The predicted octanol–water partition coefficient (Wildman–Crippen LogP) is 1.91. The van der Waals surface area contributed by atoms with Gasteiger partial charge in [-0.3, -0.25) is 4.21 Å². The first-order chi connectivity index (χ1) is 7.43. The second-order valence-corrected chi connectivity index (χ2v) is 6.29. The SMILES string of the molecule is Cc1c(N)cnc(NCC(C)S(C)=O)c1Br. The number of hydrogen-bond acceptors (Lipinski definition) is 4. The lowest BCUT2D eigenvalue weighted by molar-refractivity contribution is 0.678. The fourth-order valence-electron chi connectivity index (χ4n) is 1.07. The van der Waals surface area contributed by atoms with Gasteiger partial charge in [-0.2, -0.15) is 0 Å². The number of hydrogen-bond donors (Lipinski definition) is 2. The maximum atomic E-state index is 11.2. The number of nitrogens with one attached hydrogen (secondary N) is 1. The molecule has 0 aromatic carbocycles. The molecule has 0 bridgehead atoms. The number of nitrogens with two attached hydrogens (primary N) is 1. The van der Waals surface area contributed by atoms with Crippen molar-refractivity contribution >= 4 is 38.2 Å². The van der Waals surface area contributed by atoms with Crippen LogP contribution < -0.4 is 11.1 Å². The van der Waals surface area contributed by atoms with Crippen LogP contribution in [0.3, 0.4) is 0 Å². The van der Waals surface area contributed by atoms with Crippen LogP contribution in [0.1, 0.15) is 12.5 Å². The third-order valence-electron chi connectivity index (χ3n) is 2.43. The molecule has 2 atom stereocenters. The van der Waals surface area contributed by atoms with Crippen molar-refractivity contribution in [2.45, 2.75) is 19.1 Å². The summed E-state index contributed by atoms with van der Waals surface area (Å²) in [6.07, 6.45) is 3.32. The van der Waals surface area contributed by atoms with Crippen LogP contribution in [0.4, 0.5) is 11.5 Å². The van der Waals surface area contributed by atoms with E-state index in [0.717, 1.165) is 15.9 Å². The highest BCUT2D eigenvalue weighted by Crippen LogP contribution is 2.27. The Kier molecular flexibility index (Phi) is 4.73. The van der Waals surface area contributed by atoms with Gasteiger partial charge in [0.05, 0.1) is 16.4 Å². The van der Waals surface area contributed by atoms with Gasteiger partial charge in [0.1, 0.15) is 5.82 Å². The van der Waals surface area contributed by atoms with Gasteiger partial charge in [0.15, 0.2) is 0 Å². The number of halogens is 1. The Labute approximate surface area is 107 Å². The number of anilines is 2. The topological polar surface area (TPSA) is 68.0 Å². The van der Waals surface area contributed by atoms with E-state index < -0.39 is 10.8 Å². The number of nitrogen functional groups attached to an aromatic ring is 1. The van der Waals surface area contributed by atoms with E-state index >= 15 is 0 Å². The highest BCUT2D eigenvalue weighted by molar-refractivity contribution is 9.10. The zero-order chi connectivity index (χ0) is 12.3. The van der Waals surface area contributed by atoms with Gasteiger partial charge in [-0.1, -0.05) is 0 Å². The van der Waals surface area contributed by atoms with Crippen molar-refractivity contribution < 1.29 is 4.21 Å². The summed E-state index contributed by atoms with van der Waals surface area (Å²) in [4.78, 5) is 4.19. The largest absolute Gasteiger partial charge is 0.397 e. The summed E-state index contributed by atoms with van der Waals surface area (Å²) >= 11 is 3.44. The minimum Gasteiger partial charge on any atom is -0.397 e. The van der Waals surface area contributed by atoms with Crippen LogP contribution in [0, 0.1) is 6.92 Å². The molecule has 0 aliphatic heterocycles. The average Bonchev–Trinajstić information content (AvgIpc) is 2.24. The molecule has 2 unspecified atom stereocenters. The van der Waals surface area contributed by atoms with Gasteiger partial charge in [-0.15, -0.1) is 0 Å². The lowest BCUT2D eigenvalue weighted by Gasteiger charge is -2.13. The maximum absolute atomic E-state index is 11.2. The van der Waals surface area contributed by atoms with Gasteiger partial charge in [0.25, 0.3) is 0 Å². The fraction of sp³-hybridized carbons (Fsp3) is 0.500. The molecule has 0 saturated carbocycles. The first kappa shape index (κ1) is 13.4. The van der Waals surface area contributed by atoms with Crippen molar-refractivity contribution in [2.24, 2.45) is 0 Å². The molecule has 4 nitrogen and oxygen atoms in total. The Morgan fingerprint density at radius 3 is 2.88 bits per heavy atom. The molecule has 0 aliphatic carbocycles. The second-order valence-electron chi connectivity index (χ2n) is 3.69. The Hall–Kier alpha value is -0.620. The lowest BCUT2D eigenvalue weighted by Crippen LogP contribution is -2.21. The molecule has 0 radical (unpaired) electrons. The molecule has 0 aliphatic rings. The van der Waals surface area contributed by atoms with Gasteiger partial charge >= 0.3 is 0 Å².